The van der Waals surface area contributed by atoms with Crippen molar-refractivity contribution in [2.24, 2.45) is 17.3 Å². The number of fused-ring (bicyclic) bond motifs is 1. The quantitative estimate of drug-likeness (QED) is 0.561. The molecule has 0 aromatic heterocycles. The summed E-state index contributed by atoms with van der Waals surface area (Å²) in [6.07, 6.45) is 6.48. The standard InChI is InChI=1S/C19H28O3S/c1-12(2)16-11-19(4)13(3)8-15(9-14(19)10-17(16)20)22-18(21)6-7-23-5/h6-7,13-15H,8-11H2,1-5H3/b7-6-/t13-,14+,15+,19+/m0/s1. The highest BCUT2D eigenvalue weighted by molar-refractivity contribution is 8.01. The summed E-state index contributed by atoms with van der Waals surface area (Å²) in [6.45, 7) is 8.62. The maximum absolute atomic E-state index is 12.4. The largest absolute Gasteiger partial charge is 0.459 e. The molecule has 2 fully saturated rings. The maximum atomic E-state index is 12.4. The van der Waals surface area contributed by atoms with Crippen molar-refractivity contribution in [1.82, 2.24) is 0 Å². The van der Waals surface area contributed by atoms with Crippen molar-refractivity contribution in [1.29, 1.82) is 0 Å². The molecule has 0 unspecified atom stereocenters. The summed E-state index contributed by atoms with van der Waals surface area (Å²) in [5.74, 6) is 0.761. The van der Waals surface area contributed by atoms with Gasteiger partial charge >= 0.3 is 5.97 Å². The highest BCUT2D eigenvalue weighted by atomic mass is 32.2. The van der Waals surface area contributed by atoms with Crippen LogP contribution < -0.4 is 0 Å². The lowest BCUT2D eigenvalue weighted by molar-refractivity contribution is -0.151. The van der Waals surface area contributed by atoms with Gasteiger partial charge in [0.2, 0.25) is 0 Å². The average molecular weight is 336 g/mol. The highest BCUT2D eigenvalue weighted by Crippen LogP contribution is 2.54. The lowest BCUT2D eigenvalue weighted by Crippen LogP contribution is -2.47. The monoisotopic (exact) mass is 336 g/mol. The van der Waals surface area contributed by atoms with Gasteiger partial charge in [0.1, 0.15) is 6.10 Å². The minimum absolute atomic E-state index is 0.0665. The molecule has 0 spiro atoms. The van der Waals surface area contributed by atoms with Crippen molar-refractivity contribution >= 4 is 23.5 Å². The Balaban J connectivity index is 2.12. The molecular formula is C19H28O3S. The Hall–Kier alpha value is -1.03. The number of carbonyl (C=O) groups is 2. The number of hydrogen-bond donors (Lipinski definition) is 0. The lowest BCUT2D eigenvalue weighted by Gasteiger charge is -2.51. The molecule has 2 saturated carbocycles. The number of ether oxygens (including phenoxy) is 1. The Morgan fingerprint density at radius 3 is 2.65 bits per heavy atom. The third-order valence-corrected chi connectivity index (χ3v) is 6.18. The van der Waals surface area contributed by atoms with E-state index in [0.29, 0.717) is 18.3 Å². The molecule has 0 bridgehead atoms. The van der Waals surface area contributed by atoms with Crippen LogP contribution in [0.4, 0.5) is 0 Å². The van der Waals surface area contributed by atoms with E-state index in [-0.39, 0.29) is 23.3 Å². The van der Waals surface area contributed by atoms with E-state index in [1.165, 1.54) is 17.8 Å². The van der Waals surface area contributed by atoms with E-state index >= 15 is 0 Å². The van der Waals surface area contributed by atoms with E-state index in [2.05, 4.69) is 13.8 Å². The Labute approximate surface area is 143 Å². The number of hydrogen-bond acceptors (Lipinski definition) is 4. The van der Waals surface area contributed by atoms with E-state index in [4.69, 9.17) is 4.74 Å². The van der Waals surface area contributed by atoms with Crippen LogP contribution in [0.3, 0.4) is 0 Å². The van der Waals surface area contributed by atoms with Gasteiger partial charge in [0.05, 0.1) is 0 Å². The lowest BCUT2D eigenvalue weighted by atomic mass is 9.54. The molecular weight excluding hydrogens is 308 g/mol. The van der Waals surface area contributed by atoms with Crippen LogP contribution in [0.2, 0.25) is 0 Å². The highest BCUT2D eigenvalue weighted by Gasteiger charge is 2.50. The molecule has 0 heterocycles. The molecule has 2 rings (SSSR count). The topological polar surface area (TPSA) is 43.4 Å². The van der Waals surface area contributed by atoms with Crippen LogP contribution in [-0.2, 0) is 14.3 Å². The van der Waals surface area contributed by atoms with Gasteiger partial charge in [-0.05, 0) is 67.6 Å². The predicted molar refractivity (Wildman–Crippen MR) is 95.1 cm³/mol. The third kappa shape index (κ3) is 3.90. The van der Waals surface area contributed by atoms with Crippen molar-refractivity contribution in [3.8, 4) is 0 Å². The zero-order chi connectivity index (χ0) is 17.2. The zero-order valence-electron chi connectivity index (χ0n) is 14.8. The fourth-order valence-electron chi connectivity index (χ4n) is 4.09. The maximum Gasteiger partial charge on any atom is 0.331 e. The average Bonchev–Trinajstić information content (AvgIpc) is 2.47. The van der Waals surface area contributed by atoms with Gasteiger partial charge < -0.3 is 4.74 Å². The molecule has 2 aliphatic rings. The number of carbonyl (C=O) groups excluding carboxylic acids is 2. The number of ketones is 1. The summed E-state index contributed by atoms with van der Waals surface area (Å²) >= 11 is 1.48. The fraction of sp³-hybridized carbons (Fsp3) is 0.684. The van der Waals surface area contributed by atoms with Crippen LogP contribution >= 0.6 is 11.8 Å². The first-order chi connectivity index (χ1) is 10.8. The molecule has 0 aromatic carbocycles. The Morgan fingerprint density at radius 1 is 1.35 bits per heavy atom. The van der Waals surface area contributed by atoms with Gasteiger partial charge in [0.25, 0.3) is 0 Å². The van der Waals surface area contributed by atoms with Crippen molar-refractivity contribution in [2.75, 3.05) is 6.26 Å². The molecule has 0 N–H and O–H groups in total. The summed E-state index contributed by atoms with van der Waals surface area (Å²) in [4.78, 5) is 24.3. The van der Waals surface area contributed by atoms with E-state index < -0.39 is 0 Å². The van der Waals surface area contributed by atoms with Gasteiger partial charge in [-0.3, -0.25) is 4.79 Å². The molecule has 4 atom stereocenters. The fourth-order valence-corrected chi connectivity index (χ4v) is 4.34. The van der Waals surface area contributed by atoms with Crippen LogP contribution in [0, 0.1) is 17.3 Å². The molecule has 3 nitrogen and oxygen atoms in total. The molecule has 0 saturated heterocycles. The second kappa shape index (κ2) is 7.25. The summed E-state index contributed by atoms with van der Waals surface area (Å²) in [5, 5.41) is 1.74. The molecule has 23 heavy (non-hydrogen) atoms. The third-order valence-electron chi connectivity index (χ3n) is 5.77. The van der Waals surface area contributed by atoms with Crippen LogP contribution in [0.1, 0.15) is 53.4 Å². The molecule has 4 heteroatoms. The van der Waals surface area contributed by atoms with Crippen molar-refractivity contribution in [2.45, 2.75) is 59.5 Å². The minimum atomic E-state index is -0.271. The minimum Gasteiger partial charge on any atom is -0.459 e. The predicted octanol–water partition coefficient (Wildman–Crippen LogP) is 4.53. The molecule has 0 aliphatic heterocycles. The Bertz CT molecular complexity index is 545. The molecule has 128 valence electrons. The molecule has 0 radical (unpaired) electrons. The first kappa shape index (κ1) is 18.3. The van der Waals surface area contributed by atoms with Crippen LogP contribution in [0.5, 0.6) is 0 Å². The second-order valence-electron chi connectivity index (χ2n) is 7.46. The van der Waals surface area contributed by atoms with E-state index in [9.17, 15) is 9.59 Å². The van der Waals surface area contributed by atoms with Crippen LogP contribution in [0.25, 0.3) is 0 Å². The number of rotatable bonds is 3. The first-order valence-corrected chi connectivity index (χ1v) is 9.66. The van der Waals surface area contributed by atoms with Gasteiger partial charge in [-0.15, -0.1) is 11.8 Å². The van der Waals surface area contributed by atoms with Crippen molar-refractivity contribution in [3.05, 3.63) is 22.6 Å². The van der Waals surface area contributed by atoms with Crippen LogP contribution in [0.15, 0.2) is 22.6 Å². The van der Waals surface area contributed by atoms with Crippen molar-refractivity contribution < 1.29 is 14.3 Å². The summed E-state index contributed by atoms with van der Waals surface area (Å²) in [5.41, 5.74) is 2.31. The smallest absolute Gasteiger partial charge is 0.331 e. The summed E-state index contributed by atoms with van der Waals surface area (Å²) in [6, 6.07) is 0. The Morgan fingerprint density at radius 2 is 2.04 bits per heavy atom. The SMILES string of the molecule is CS/C=C\C(=O)O[C@H]1C[C@@H]2CC(=O)C(=C(C)C)C[C@]2(C)[C@@H](C)C1. The van der Waals surface area contributed by atoms with Gasteiger partial charge in [0.15, 0.2) is 5.78 Å². The van der Waals surface area contributed by atoms with Gasteiger partial charge in [-0.2, -0.15) is 0 Å². The summed E-state index contributed by atoms with van der Waals surface area (Å²) in [7, 11) is 0. The first-order valence-electron chi connectivity index (χ1n) is 8.37. The van der Waals surface area contributed by atoms with E-state index in [1.54, 1.807) is 5.41 Å². The Kier molecular flexibility index (Phi) is 5.77. The van der Waals surface area contributed by atoms with Crippen LogP contribution in [-0.4, -0.2) is 24.1 Å². The number of thioether (sulfide) groups is 1. The van der Waals surface area contributed by atoms with E-state index in [0.717, 1.165) is 30.4 Å². The number of allylic oxidation sites excluding steroid dienone is 2. The summed E-state index contributed by atoms with van der Waals surface area (Å²) < 4.78 is 5.60. The van der Waals surface area contributed by atoms with Gasteiger partial charge in [0, 0.05) is 12.5 Å². The van der Waals surface area contributed by atoms with E-state index in [1.807, 2.05) is 20.1 Å². The second-order valence-corrected chi connectivity index (χ2v) is 8.20. The molecule has 0 aromatic rings. The number of Topliss-reactive ketones (excluding diaryl/α,β-unsaturated/α-hetero) is 1. The van der Waals surface area contributed by atoms with Crippen molar-refractivity contribution in [3.63, 3.8) is 0 Å². The van der Waals surface area contributed by atoms with Gasteiger partial charge in [-0.1, -0.05) is 19.4 Å². The zero-order valence-corrected chi connectivity index (χ0v) is 15.7. The molecule has 0 amide bonds. The number of esters is 1. The van der Waals surface area contributed by atoms with Gasteiger partial charge in [-0.25, -0.2) is 4.79 Å². The molecule has 2 aliphatic carbocycles. The normalized spacial score (nSPS) is 34.4.